The number of hydrogen-bond donors (Lipinski definition) is 1. The molecule has 0 unspecified atom stereocenters. The number of nitrogens with one attached hydrogen (secondary N) is 1. The predicted molar refractivity (Wildman–Crippen MR) is 119 cm³/mol. The quantitative estimate of drug-likeness (QED) is 0.546. The van der Waals surface area contributed by atoms with Gasteiger partial charge < -0.3 is 4.74 Å². The number of nitrogens with zero attached hydrogens (tertiary/aromatic N) is 3. The van der Waals surface area contributed by atoms with Gasteiger partial charge in [0.1, 0.15) is 0 Å². The van der Waals surface area contributed by atoms with Crippen molar-refractivity contribution in [1.82, 2.24) is 14.9 Å². The van der Waals surface area contributed by atoms with Crippen molar-refractivity contribution < 1.29 is 9.53 Å². The third kappa shape index (κ3) is 5.86. The first-order chi connectivity index (χ1) is 14.2. The average Bonchev–Trinajstić information content (AvgIpc) is 3.36. The molecule has 0 saturated carbocycles. The second-order valence-electron chi connectivity index (χ2n) is 6.66. The van der Waals surface area contributed by atoms with Gasteiger partial charge in [-0.1, -0.05) is 0 Å². The summed E-state index contributed by atoms with van der Waals surface area (Å²) in [5, 5.41) is 8.72. The minimum absolute atomic E-state index is 0.135. The third-order valence-corrected chi connectivity index (χ3v) is 7.11. The molecule has 2 aromatic heterocycles. The molecule has 0 spiro atoms. The second-order valence-corrected chi connectivity index (χ2v) is 9.63. The van der Waals surface area contributed by atoms with Crippen molar-refractivity contribution in [2.45, 2.75) is 24.1 Å². The lowest BCUT2D eigenvalue weighted by molar-refractivity contribution is 0.0337. The molecule has 1 saturated heterocycles. The van der Waals surface area contributed by atoms with Gasteiger partial charge in [0, 0.05) is 46.6 Å². The zero-order valence-corrected chi connectivity index (χ0v) is 18.5. The number of aryl methyl sites for hydroxylation is 1. The molecule has 1 aromatic carbocycles. The summed E-state index contributed by atoms with van der Waals surface area (Å²) in [5.41, 5.74) is 2.70. The molecule has 0 aliphatic carbocycles. The number of morpholine rings is 1. The number of ether oxygens (including phenoxy) is 1. The Morgan fingerprint density at radius 2 is 1.90 bits per heavy atom. The highest BCUT2D eigenvalue weighted by atomic mass is 32.2. The predicted octanol–water partition coefficient (Wildman–Crippen LogP) is 4.28. The number of carbonyl (C=O) groups is 1. The summed E-state index contributed by atoms with van der Waals surface area (Å²) in [5.74, 6) is 0.699. The molecule has 1 fully saturated rings. The fourth-order valence-corrected chi connectivity index (χ4v) is 5.13. The Kier molecular flexibility index (Phi) is 6.94. The molecular weight excluding hydrogens is 424 g/mol. The molecule has 152 valence electrons. The molecule has 3 aromatic rings. The van der Waals surface area contributed by atoms with Crippen LogP contribution in [0.1, 0.15) is 26.8 Å². The van der Waals surface area contributed by atoms with Crippen LogP contribution >= 0.6 is 34.4 Å². The van der Waals surface area contributed by atoms with E-state index in [2.05, 4.69) is 25.6 Å². The van der Waals surface area contributed by atoms with Crippen LogP contribution in [0.4, 0.5) is 5.13 Å². The maximum atomic E-state index is 12.5. The first kappa shape index (κ1) is 20.5. The van der Waals surface area contributed by atoms with E-state index in [4.69, 9.17) is 4.74 Å². The Morgan fingerprint density at radius 1 is 1.14 bits per heavy atom. The van der Waals surface area contributed by atoms with E-state index in [9.17, 15) is 4.79 Å². The van der Waals surface area contributed by atoms with E-state index in [1.807, 2.05) is 36.6 Å². The number of amides is 1. The molecule has 9 heteroatoms. The van der Waals surface area contributed by atoms with Crippen molar-refractivity contribution in [2.75, 3.05) is 31.6 Å². The minimum atomic E-state index is -0.135. The lowest BCUT2D eigenvalue weighted by Gasteiger charge is -2.25. The van der Waals surface area contributed by atoms with Crippen molar-refractivity contribution in [3.8, 4) is 0 Å². The summed E-state index contributed by atoms with van der Waals surface area (Å²) >= 11 is 4.85. The fraction of sp³-hybridized carbons (Fsp3) is 0.350. The zero-order valence-electron chi connectivity index (χ0n) is 16.1. The van der Waals surface area contributed by atoms with E-state index in [1.54, 1.807) is 23.1 Å². The van der Waals surface area contributed by atoms with E-state index in [1.165, 1.54) is 11.3 Å². The number of thioether (sulfide) groups is 1. The molecule has 4 rings (SSSR count). The molecule has 1 amide bonds. The van der Waals surface area contributed by atoms with Crippen LogP contribution in [0.15, 0.2) is 39.9 Å². The number of aromatic nitrogens is 2. The number of hydrogen-bond acceptors (Lipinski definition) is 8. The summed E-state index contributed by atoms with van der Waals surface area (Å²) in [6.45, 7) is 6.19. The van der Waals surface area contributed by atoms with Gasteiger partial charge in [-0.05, 0) is 31.2 Å². The van der Waals surface area contributed by atoms with Crippen LogP contribution in [-0.2, 0) is 17.0 Å². The van der Waals surface area contributed by atoms with E-state index in [0.29, 0.717) is 10.7 Å². The standard InChI is InChI=1S/C20H22N4O2S3/c1-14-21-17(12-27-14)13-28-18-4-2-15(3-5-18)19(25)23-20-22-16(11-29-20)10-24-6-8-26-9-7-24/h2-5,11-12H,6-10,13H2,1H3,(H,22,23,25). The lowest BCUT2D eigenvalue weighted by atomic mass is 10.2. The molecule has 29 heavy (non-hydrogen) atoms. The summed E-state index contributed by atoms with van der Waals surface area (Å²) < 4.78 is 5.37. The average molecular weight is 447 g/mol. The molecule has 0 bridgehead atoms. The Balaban J connectivity index is 1.29. The van der Waals surface area contributed by atoms with Crippen molar-refractivity contribution in [2.24, 2.45) is 0 Å². The molecule has 1 aliphatic rings. The first-order valence-electron chi connectivity index (χ1n) is 9.35. The summed E-state index contributed by atoms with van der Waals surface area (Å²) in [7, 11) is 0. The third-order valence-electron chi connectivity index (χ3n) is 4.43. The zero-order chi connectivity index (χ0) is 20.1. The molecule has 0 radical (unpaired) electrons. The number of thiazole rings is 2. The molecule has 6 nitrogen and oxygen atoms in total. The van der Waals surface area contributed by atoms with Gasteiger partial charge in [0.2, 0.25) is 0 Å². The maximum Gasteiger partial charge on any atom is 0.257 e. The van der Waals surface area contributed by atoms with Crippen LogP contribution in [0.5, 0.6) is 0 Å². The van der Waals surface area contributed by atoms with Crippen LogP contribution in [0.25, 0.3) is 0 Å². The van der Waals surface area contributed by atoms with Crippen molar-refractivity contribution >= 4 is 45.5 Å². The van der Waals surface area contributed by atoms with Gasteiger partial charge in [-0.15, -0.1) is 34.4 Å². The highest BCUT2D eigenvalue weighted by Gasteiger charge is 2.14. The summed E-state index contributed by atoms with van der Waals surface area (Å²) in [6, 6.07) is 7.66. The van der Waals surface area contributed by atoms with E-state index in [0.717, 1.165) is 59.9 Å². The second kappa shape index (κ2) is 9.82. The van der Waals surface area contributed by atoms with Crippen LogP contribution in [0.2, 0.25) is 0 Å². The Hall–Kier alpha value is -1.78. The summed E-state index contributed by atoms with van der Waals surface area (Å²) in [4.78, 5) is 25.0. The van der Waals surface area contributed by atoms with Crippen molar-refractivity contribution in [3.05, 3.63) is 57.0 Å². The van der Waals surface area contributed by atoms with Crippen LogP contribution in [0.3, 0.4) is 0 Å². The van der Waals surface area contributed by atoms with Gasteiger partial charge >= 0.3 is 0 Å². The van der Waals surface area contributed by atoms with Crippen LogP contribution in [0, 0.1) is 6.92 Å². The number of carbonyl (C=O) groups excluding carboxylic acids is 1. The summed E-state index contributed by atoms with van der Waals surface area (Å²) in [6.07, 6.45) is 0. The van der Waals surface area contributed by atoms with Crippen molar-refractivity contribution in [1.29, 1.82) is 0 Å². The molecule has 3 heterocycles. The highest BCUT2D eigenvalue weighted by molar-refractivity contribution is 7.98. The Bertz CT molecular complexity index is 949. The van der Waals surface area contributed by atoms with Gasteiger partial charge in [0.05, 0.1) is 29.6 Å². The van der Waals surface area contributed by atoms with Crippen molar-refractivity contribution in [3.63, 3.8) is 0 Å². The molecule has 1 aliphatic heterocycles. The molecular formula is C20H22N4O2S3. The first-order valence-corrected chi connectivity index (χ1v) is 12.1. The molecule has 0 atom stereocenters. The Morgan fingerprint density at radius 3 is 2.62 bits per heavy atom. The minimum Gasteiger partial charge on any atom is -0.379 e. The van der Waals surface area contributed by atoms with Gasteiger partial charge in [0.15, 0.2) is 5.13 Å². The van der Waals surface area contributed by atoms with Gasteiger partial charge in [-0.25, -0.2) is 9.97 Å². The van der Waals surface area contributed by atoms with Gasteiger partial charge in [-0.3, -0.25) is 15.0 Å². The normalized spacial score (nSPS) is 14.8. The number of benzene rings is 1. The molecule has 1 N–H and O–H groups in total. The lowest BCUT2D eigenvalue weighted by Crippen LogP contribution is -2.35. The number of anilines is 1. The highest BCUT2D eigenvalue weighted by Crippen LogP contribution is 2.24. The van der Waals surface area contributed by atoms with E-state index in [-0.39, 0.29) is 5.91 Å². The van der Waals surface area contributed by atoms with Gasteiger partial charge in [0.25, 0.3) is 5.91 Å². The van der Waals surface area contributed by atoms with Gasteiger partial charge in [-0.2, -0.15) is 0 Å². The SMILES string of the molecule is Cc1nc(CSc2ccc(C(=O)Nc3nc(CN4CCOCC4)cs3)cc2)cs1. The number of rotatable bonds is 7. The topological polar surface area (TPSA) is 67.4 Å². The van der Waals surface area contributed by atoms with E-state index >= 15 is 0 Å². The smallest absolute Gasteiger partial charge is 0.257 e. The largest absolute Gasteiger partial charge is 0.379 e. The monoisotopic (exact) mass is 446 g/mol. The maximum absolute atomic E-state index is 12.5. The Labute approximate surface area is 182 Å². The van der Waals surface area contributed by atoms with E-state index < -0.39 is 0 Å². The van der Waals surface area contributed by atoms with Crippen LogP contribution in [-0.4, -0.2) is 47.1 Å². The van der Waals surface area contributed by atoms with Crippen LogP contribution < -0.4 is 5.32 Å². The fourth-order valence-electron chi connectivity index (χ4n) is 2.93.